The average molecular weight is 335 g/mol. The van der Waals surface area contributed by atoms with E-state index in [1.807, 2.05) is 0 Å². The summed E-state index contributed by atoms with van der Waals surface area (Å²) in [7, 11) is -4.06. The molecule has 1 N–H and O–H groups in total. The van der Waals surface area contributed by atoms with Gasteiger partial charge >= 0.3 is 0 Å². The van der Waals surface area contributed by atoms with Gasteiger partial charge in [0, 0.05) is 6.20 Å². The van der Waals surface area contributed by atoms with E-state index in [2.05, 4.69) is 9.71 Å². The predicted molar refractivity (Wildman–Crippen MR) is 76.2 cm³/mol. The van der Waals surface area contributed by atoms with Gasteiger partial charge in [0.2, 0.25) is 0 Å². The molecule has 0 unspecified atom stereocenters. The van der Waals surface area contributed by atoms with Gasteiger partial charge in [0.15, 0.2) is 5.15 Å². The summed E-state index contributed by atoms with van der Waals surface area (Å²) in [6.45, 7) is 1.67. The minimum absolute atomic E-state index is 0.00102. The first-order chi connectivity index (χ1) is 9.31. The number of hydrogen-bond donors (Lipinski definition) is 1. The number of pyridine rings is 1. The summed E-state index contributed by atoms with van der Waals surface area (Å²) >= 11 is 11.6. The van der Waals surface area contributed by atoms with E-state index in [4.69, 9.17) is 23.2 Å². The number of rotatable bonds is 3. The molecule has 4 nitrogen and oxygen atoms in total. The molecule has 0 amide bonds. The topological polar surface area (TPSA) is 59.1 Å². The van der Waals surface area contributed by atoms with Crippen LogP contribution in [0.25, 0.3) is 0 Å². The maximum absolute atomic E-state index is 13.2. The predicted octanol–water partition coefficient (Wildman–Crippen LogP) is 3.64. The lowest BCUT2D eigenvalue weighted by Crippen LogP contribution is -2.15. The molecule has 20 heavy (non-hydrogen) atoms. The number of halogens is 3. The van der Waals surface area contributed by atoms with E-state index in [1.165, 1.54) is 12.3 Å². The van der Waals surface area contributed by atoms with Gasteiger partial charge in [-0.25, -0.2) is 17.8 Å². The van der Waals surface area contributed by atoms with E-state index in [0.29, 0.717) is 5.56 Å². The zero-order chi connectivity index (χ0) is 14.9. The summed E-state index contributed by atoms with van der Waals surface area (Å²) in [5, 5.41) is -0.0855. The molecular formula is C12H9Cl2FN2O2S. The van der Waals surface area contributed by atoms with E-state index in [0.717, 1.165) is 12.1 Å². The summed E-state index contributed by atoms with van der Waals surface area (Å²) in [4.78, 5) is 3.43. The largest absolute Gasteiger partial charge is 0.276 e. The van der Waals surface area contributed by atoms with E-state index in [1.54, 1.807) is 13.0 Å². The first-order valence-corrected chi connectivity index (χ1v) is 7.64. The zero-order valence-corrected chi connectivity index (χ0v) is 12.5. The van der Waals surface area contributed by atoms with Crippen molar-refractivity contribution in [2.75, 3.05) is 4.72 Å². The van der Waals surface area contributed by atoms with Crippen LogP contribution in [0.15, 0.2) is 35.4 Å². The van der Waals surface area contributed by atoms with Crippen LogP contribution in [0.4, 0.5) is 10.1 Å². The Kier molecular flexibility index (Phi) is 4.17. The summed E-state index contributed by atoms with van der Waals surface area (Å²) in [5.74, 6) is -0.705. The van der Waals surface area contributed by atoms with E-state index in [9.17, 15) is 12.8 Å². The Balaban J connectivity index is 2.49. The smallest absolute Gasteiger partial charge is 0.263 e. The van der Waals surface area contributed by atoms with Crippen LogP contribution < -0.4 is 4.72 Å². The van der Waals surface area contributed by atoms with Crippen molar-refractivity contribution in [3.63, 3.8) is 0 Å². The molecule has 2 aromatic rings. The van der Waals surface area contributed by atoms with Gasteiger partial charge in [0.05, 0.1) is 10.7 Å². The molecule has 2 rings (SSSR count). The third-order valence-electron chi connectivity index (χ3n) is 2.53. The lowest BCUT2D eigenvalue weighted by molar-refractivity contribution is 0.595. The van der Waals surface area contributed by atoms with Crippen LogP contribution >= 0.6 is 23.2 Å². The SMILES string of the molecule is Cc1ccnc(Cl)c1NS(=O)(=O)c1cc(F)ccc1Cl. The molecular weight excluding hydrogens is 326 g/mol. The summed E-state index contributed by atoms with van der Waals surface area (Å²) in [6.07, 6.45) is 1.45. The summed E-state index contributed by atoms with van der Waals surface area (Å²) in [5.41, 5.74) is 0.718. The molecule has 0 aliphatic carbocycles. The third-order valence-corrected chi connectivity index (χ3v) is 4.65. The first-order valence-electron chi connectivity index (χ1n) is 5.40. The van der Waals surface area contributed by atoms with Gasteiger partial charge in [-0.15, -0.1) is 0 Å². The normalized spacial score (nSPS) is 11.4. The number of nitrogens with one attached hydrogen (secondary N) is 1. The molecule has 0 atom stereocenters. The number of aryl methyl sites for hydroxylation is 1. The van der Waals surface area contributed by atoms with Gasteiger partial charge in [-0.05, 0) is 36.8 Å². The van der Waals surface area contributed by atoms with Crippen LogP contribution in [0.1, 0.15) is 5.56 Å². The maximum atomic E-state index is 13.2. The third kappa shape index (κ3) is 3.03. The van der Waals surface area contributed by atoms with Gasteiger partial charge in [-0.1, -0.05) is 23.2 Å². The Morgan fingerprint density at radius 1 is 1.25 bits per heavy atom. The number of anilines is 1. The molecule has 0 radical (unpaired) electrons. The van der Waals surface area contributed by atoms with E-state index in [-0.39, 0.29) is 20.8 Å². The van der Waals surface area contributed by atoms with Gasteiger partial charge in [-0.2, -0.15) is 0 Å². The van der Waals surface area contributed by atoms with Gasteiger partial charge in [-0.3, -0.25) is 4.72 Å². The molecule has 0 aliphatic rings. The lowest BCUT2D eigenvalue weighted by Gasteiger charge is -2.12. The van der Waals surface area contributed by atoms with Crippen LogP contribution in [-0.2, 0) is 10.0 Å². The van der Waals surface area contributed by atoms with Crippen LogP contribution in [0.2, 0.25) is 10.2 Å². The van der Waals surface area contributed by atoms with Crippen molar-refractivity contribution in [3.05, 3.63) is 52.0 Å². The molecule has 0 bridgehead atoms. The molecule has 0 fully saturated rings. The monoisotopic (exact) mass is 334 g/mol. The molecule has 0 saturated heterocycles. The summed E-state index contributed by atoms with van der Waals surface area (Å²) < 4.78 is 39.9. The van der Waals surface area contributed by atoms with Gasteiger partial charge in [0.25, 0.3) is 10.0 Å². The Morgan fingerprint density at radius 2 is 1.95 bits per heavy atom. The van der Waals surface area contributed by atoms with Crippen molar-refractivity contribution in [2.24, 2.45) is 0 Å². The van der Waals surface area contributed by atoms with E-state index < -0.39 is 15.8 Å². The quantitative estimate of drug-likeness (QED) is 0.872. The molecule has 106 valence electrons. The minimum atomic E-state index is -4.06. The Morgan fingerprint density at radius 3 is 2.60 bits per heavy atom. The Labute approximate surface area is 125 Å². The zero-order valence-electron chi connectivity index (χ0n) is 10.2. The van der Waals surface area contributed by atoms with Crippen molar-refractivity contribution in [3.8, 4) is 0 Å². The molecule has 0 aliphatic heterocycles. The summed E-state index contributed by atoms with van der Waals surface area (Å²) in [6, 6.07) is 4.67. The highest BCUT2D eigenvalue weighted by atomic mass is 35.5. The second kappa shape index (κ2) is 5.55. The second-order valence-electron chi connectivity index (χ2n) is 3.97. The molecule has 1 aromatic heterocycles. The molecule has 1 aromatic carbocycles. The van der Waals surface area contributed by atoms with Crippen LogP contribution in [0, 0.1) is 12.7 Å². The van der Waals surface area contributed by atoms with Crippen molar-refractivity contribution in [1.82, 2.24) is 4.98 Å². The molecule has 0 saturated carbocycles. The standard InChI is InChI=1S/C12H9Cl2FN2O2S/c1-7-4-5-16-12(14)11(7)17-20(18,19)10-6-8(15)2-3-9(10)13/h2-6,17H,1H3. The van der Waals surface area contributed by atoms with Crippen molar-refractivity contribution >= 4 is 38.9 Å². The maximum Gasteiger partial charge on any atom is 0.263 e. The number of benzene rings is 1. The number of aromatic nitrogens is 1. The van der Waals surface area contributed by atoms with Gasteiger partial charge in [0.1, 0.15) is 10.7 Å². The second-order valence-corrected chi connectivity index (χ2v) is 6.39. The number of nitrogens with zero attached hydrogens (tertiary/aromatic N) is 1. The van der Waals surface area contributed by atoms with E-state index >= 15 is 0 Å². The highest BCUT2D eigenvalue weighted by Gasteiger charge is 2.21. The van der Waals surface area contributed by atoms with Crippen molar-refractivity contribution < 1.29 is 12.8 Å². The molecule has 1 heterocycles. The van der Waals surface area contributed by atoms with Crippen LogP contribution in [0.3, 0.4) is 0 Å². The fourth-order valence-electron chi connectivity index (χ4n) is 1.52. The Hall–Kier alpha value is -1.37. The van der Waals surface area contributed by atoms with Crippen LogP contribution in [-0.4, -0.2) is 13.4 Å². The highest BCUT2D eigenvalue weighted by molar-refractivity contribution is 7.92. The fraction of sp³-hybridized carbons (Fsp3) is 0.0833. The van der Waals surface area contributed by atoms with Crippen molar-refractivity contribution in [1.29, 1.82) is 0 Å². The molecule has 8 heteroatoms. The Bertz CT molecular complexity index is 746. The van der Waals surface area contributed by atoms with Crippen LogP contribution in [0.5, 0.6) is 0 Å². The lowest BCUT2D eigenvalue weighted by atomic mass is 10.3. The highest BCUT2D eigenvalue weighted by Crippen LogP contribution is 2.28. The molecule has 0 spiro atoms. The first kappa shape index (κ1) is 15.0. The van der Waals surface area contributed by atoms with Gasteiger partial charge < -0.3 is 0 Å². The minimum Gasteiger partial charge on any atom is -0.276 e. The fourth-order valence-corrected chi connectivity index (χ4v) is 3.48. The number of sulfonamides is 1. The number of hydrogen-bond acceptors (Lipinski definition) is 3. The average Bonchev–Trinajstić information content (AvgIpc) is 2.37. The van der Waals surface area contributed by atoms with Crippen molar-refractivity contribution in [2.45, 2.75) is 11.8 Å².